The molecule has 4 N–H and O–H groups in total. The van der Waals surface area contributed by atoms with Gasteiger partial charge >= 0.3 is 0 Å². The third-order valence-electron chi connectivity index (χ3n) is 5.09. The average molecular weight is 390 g/mol. The summed E-state index contributed by atoms with van der Waals surface area (Å²) >= 11 is 0. The summed E-state index contributed by atoms with van der Waals surface area (Å²) in [6.45, 7) is 7.26. The predicted molar refractivity (Wildman–Crippen MR) is 114 cm³/mol. The maximum Gasteiger partial charge on any atom is 0.220 e. The minimum Gasteiger partial charge on any atom is -0.492 e. The van der Waals surface area contributed by atoms with Crippen LogP contribution < -0.4 is 21.1 Å². The van der Waals surface area contributed by atoms with E-state index in [9.17, 15) is 4.79 Å². The maximum absolute atomic E-state index is 11.2. The van der Waals surface area contributed by atoms with Crippen LogP contribution in [0.15, 0.2) is 29.3 Å². The van der Waals surface area contributed by atoms with Gasteiger partial charge in [-0.3, -0.25) is 9.79 Å². The number of aryl methyl sites for hydroxylation is 1. The molecule has 0 bridgehead atoms. The van der Waals surface area contributed by atoms with Gasteiger partial charge in [-0.05, 0) is 64.4 Å². The van der Waals surface area contributed by atoms with Crippen molar-refractivity contribution in [2.45, 2.75) is 32.6 Å². The number of carbonyl (C=O) groups excluding carboxylic acids is 1. The van der Waals surface area contributed by atoms with Crippen molar-refractivity contribution in [1.82, 2.24) is 15.5 Å². The van der Waals surface area contributed by atoms with E-state index in [4.69, 9.17) is 10.5 Å². The van der Waals surface area contributed by atoms with E-state index in [0.717, 1.165) is 63.6 Å². The van der Waals surface area contributed by atoms with Gasteiger partial charge in [-0.25, -0.2) is 0 Å². The normalized spacial score (nSPS) is 16.0. The molecule has 1 aliphatic heterocycles. The first-order valence-electron chi connectivity index (χ1n) is 10.2. The molecule has 0 saturated carbocycles. The van der Waals surface area contributed by atoms with Gasteiger partial charge in [-0.2, -0.15) is 0 Å². The molecule has 0 radical (unpaired) electrons. The molecule has 28 heavy (non-hydrogen) atoms. The molecule has 1 heterocycles. The number of unbranched alkanes of at least 4 members (excludes halogenated alkanes) is 1. The van der Waals surface area contributed by atoms with Crippen LogP contribution in [0.3, 0.4) is 0 Å². The molecule has 0 unspecified atom stereocenters. The zero-order valence-corrected chi connectivity index (χ0v) is 17.2. The second-order valence-electron chi connectivity index (χ2n) is 7.31. The number of guanidine groups is 1. The van der Waals surface area contributed by atoms with E-state index in [2.05, 4.69) is 27.4 Å². The number of nitrogens with one attached hydrogen (secondary N) is 2. The summed E-state index contributed by atoms with van der Waals surface area (Å²) in [6.07, 6.45) is 4.00. The van der Waals surface area contributed by atoms with E-state index in [-0.39, 0.29) is 11.8 Å². The highest BCUT2D eigenvalue weighted by atomic mass is 16.5. The minimum atomic E-state index is -0.146. The third-order valence-corrected chi connectivity index (χ3v) is 5.09. The second-order valence-corrected chi connectivity index (χ2v) is 7.31. The Bertz CT molecular complexity index is 610. The van der Waals surface area contributed by atoms with Gasteiger partial charge in [0.15, 0.2) is 5.96 Å². The SMILES string of the molecule is CN=C(NCCCCN1CCC(C(N)=O)CC1)NCCOc1ccc(C)cc1. The Kier molecular flexibility index (Phi) is 9.62. The molecule has 0 atom stereocenters. The lowest BCUT2D eigenvalue weighted by Crippen LogP contribution is -2.40. The number of carbonyl (C=O) groups is 1. The third kappa shape index (κ3) is 8.17. The summed E-state index contributed by atoms with van der Waals surface area (Å²) in [5, 5.41) is 6.61. The lowest BCUT2D eigenvalue weighted by molar-refractivity contribution is -0.123. The van der Waals surface area contributed by atoms with E-state index in [1.54, 1.807) is 7.05 Å². The Morgan fingerprint density at radius 2 is 1.86 bits per heavy atom. The van der Waals surface area contributed by atoms with Gasteiger partial charge in [0.05, 0.1) is 6.54 Å². The summed E-state index contributed by atoms with van der Waals surface area (Å²) in [7, 11) is 1.78. The quantitative estimate of drug-likeness (QED) is 0.321. The Morgan fingerprint density at radius 1 is 1.18 bits per heavy atom. The van der Waals surface area contributed by atoms with Crippen LogP contribution in [0.2, 0.25) is 0 Å². The number of nitrogens with zero attached hydrogens (tertiary/aromatic N) is 2. The summed E-state index contributed by atoms with van der Waals surface area (Å²) in [6, 6.07) is 8.06. The summed E-state index contributed by atoms with van der Waals surface area (Å²) in [5.41, 5.74) is 6.61. The van der Waals surface area contributed by atoms with Gasteiger partial charge in [0.2, 0.25) is 5.91 Å². The zero-order valence-electron chi connectivity index (χ0n) is 17.2. The molecule has 0 aromatic heterocycles. The van der Waals surface area contributed by atoms with Crippen LogP contribution in [-0.2, 0) is 4.79 Å². The van der Waals surface area contributed by atoms with Gasteiger partial charge < -0.3 is 26.0 Å². The number of hydrogen-bond acceptors (Lipinski definition) is 4. The van der Waals surface area contributed by atoms with Crippen molar-refractivity contribution in [2.24, 2.45) is 16.6 Å². The lowest BCUT2D eigenvalue weighted by Gasteiger charge is -2.30. The van der Waals surface area contributed by atoms with Crippen LogP contribution in [0.4, 0.5) is 0 Å². The number of likely N-dealkylation sites (tertiary alicyclic amines) is 1. The maximum atomic E-state index is 11.2. The molecular weight excluding hydrogens is 354 g/mol. The van der Waals surface area contributed by atoms with Crippen LogP contribution in [-0.4, -0.2) is 63.1 Å². The molecule has 0 spiro atoms. The van der Waals surface area contributed by atoms with Gasteiger partial charge in [0, 0.05) is 19.5 Å². The summed E-state index contributed by atoms with van der Waals surface area (Å²) in [5.74, 6) is 1.61. The lowest BCUT2D eigenvalue weighted by atomic mass is 9.96. The monoisotopic (exact) mass is 389 g/mol. The summed E-state index contributed by atoms with van der Waals surface area (Å²) < 4.78 is 5.71. The molecule has 1 aromatic rings. The first-order valence-corrected chi connectivity index (χ1v) is 10.2. The highest BCUT2D eigenvalue weighted by Crippen LogP contribution is 2.16. The number of benzene rings is 1. The number of rotatable bonds is 10. The van der Waals surface area contributed by atoms with Crippen LogP contribution >= 0.6 is 0 Å². The van der Waals surface area contributed by atoms with Gasteiger partial charge in [-0.1, -0.05) is 17.7 Å². The number of amides is 1. The Morgan fingerprint density at radius 3 is 2.50 bits per heavy atom. The van der Waals surface area contributed by atoms with E-state index in [0.29, 0.717) is 13.2 Å². The first-order chi connectivity index (χ1) is 13.6. The Labute approximate surface area is 168 Å². The summed E-state index contributed by atoms with van der Waals surface area (Å²) in [4.78, 5) is 17.9. The average Bonchev–Trinajstić information content (AvgIpc) is 2.71. The fraction of sp³-hybridized carbons (Fsp3) is 0.619. The van der Waals surface area contributed by atoms with E-state index in [1.807, 2.05) is 24.3 Å². The molecule has 7 heteroatoms. The molecule has 0 aliphatic carbocycles. The molecule has 1 aliphatic rings. The highest BCUT2D eigenvalue weighted by Gasteiger charge is 2.22. The largest absolute Gasteiger partial charge is 0.492 e. The molecule has 1 amide bonds. The van der Waals surface area contributed by atoms with Crippen LogP contribution in [0.1, 0.15) is 31.2 Å². The van der Waals surface area contributed by atoms with Crippen molar-refractivity contribution >= 4 is 11.9 Å². The molecule has 7 nitrogen and oxygen atoms in total. The van der Waals surface area contributed by atoms with Crippen molar-refractivity contribution in [3.8, 4) is 5.75 Å². The van der Waals surface area contributed by atoms with Crippen LogP contribution in [0.25, 0.3) is 0 Å². The van der Waals surface area contributed by atoms with Gasteiger partial charge in [-0.15, -0.1) is 0 Å². The number of ether oxygens (including phenoxy) is 1. The molecule has 1 fully saturated rings. The number of hydrogen-bond donors (Lipinski definition) is 3. The Hall–Kier alpha value is -2.28. The Balaban J connectivity index is 1.49. The highest BCUT2D eigenvalue weighted by molar-refractivity contribution is 5.79. The smallest absolute Gasteiger partial charge is 0.220 e. The first kappa shape index (κ1) is 22.0. The number of piperidine rings is 1. The molecular formula is C21H35N5O2. The van der Waals surface area contributed by atoms with Crippen LogP contribution in [0.5, 0.6) is 5.75 Å². The van der Waals surface area contributed by atoms with Crippen molar-refractivity contribution in [2.75, 3.05) is 46.4 Å². The number of aliphatic imine (C=N–C) groups is 1. The van der Waals surface area contributed by atoms with Gasteiger partial charge in [0.1, 0.15) is 12.4 Å². The number of nitrogens with two attached hydrogens (primary N) is 1. The van der Waals surface area contributed by atoms with Crippen molar-refractivity contribution < 1.29 is 9.53 Å². The zero-order chi connectivity index (χ0) is 20.2. The molecule has 2 rings (SSSR count). The van der Waals surface area contributed by atoms with Crippen molar-refractivity contribution in [3.05, 3.63) is 29.8 Å². The second kappa shape index (κ2) is 12.2. The topological polar surface area (TPSA) is 92.0 Å². The van der Waals surface area contributed by atoms with Crippen molar-refractivity contribution in [1.29, 1.82) is 0 Å². The van der Waals surface area contributed by atoms with Crippen molar-refractivity contribution in [3.63, 3.8) is 0 Å². The van der Waals surface area contributed by atoms with Crippen LogP contribution in [0, 0.1) is 12.8 Å². The fourth-order valence-corrected chi connectivity index (χ4v) is 3.30. The standard InChI is InChI=1S/C21H35N5O2/c1-17-5-7-19(8-6-17)28-16-12-25-21(23-2)24-11-3-4-13-26-14-9-18(10-15-26)20(22)27/h5-8,18H,3-4,9-16H2,1-2H3,(H2,22,27)(H2,23,24,25). The predicted octanol–water partition coefficient (Wildman–Crippen LogP) is 1.52. The van der Waals surface area contributed by atoms with E-state index >= 15 is 0 Å². The fourth-order valence-electron chi connectivity index (χ4n) is 3.30. The van der Waals surface area contributed by atoms with E-state index < -0.39 is 0 Å². The molecule has 156 valence electrons. The minimum absolute atomic E-state index is 0.0716. The molecule has 1 saturated heterocycles. The molecule has 1 aromatic carbocycles. The van der Waals surface area contributed by atoms with E-state index in [1.165, 1.54) is 5.56 Å². The van der Waals surface area contributed by atoms with Gasteiger partial charge in [0.25, 0.3) is 0 Å². The number of primary amides is 1.